The molecule has 0 bridgehead atoms. The molecule has 2 rings (SSSR count). The Bertz CT molecular complexity index is 328. The third-order valence-electron chi connectivity index (χ3n) is 5.32. The number of hydrogen-bond donors (Lipinski definition) is 1. The quantitative estimate of drug-likeness (QED) is 0.840. The topological polar surface area (TPSA) is 35.6 Å². The van der Waals surface area contributed by atoms with Crippen LogP contribution in [0.15, 0.2) is 0 Å². The van der Waals surface area contributed by atoms with Gasteiger partial charge in [-0.2, -0.15) is 0 Å². The molecule has 3 atom stereocenters. The molecule has 1 N–H and O–H groups in total. The van der Waals surface area contributed by atoms with E-state index in [0.29, 0.717) is 30.1 Å². The van der Waals surface area contributed by atoms with Crippen LogP contribution in [0.4, 0.5) is 0 Å². The fourth-order valence-corrected chi connectivity index (χ4v) is 3.87. The van der Waals surface area contributed by atoms with Crippen molar-refractivity contribution in [3.8, 4) is 0 Å². The van der Waals surface area contributed by atoms with Crippen molar-refractivity contribution >= 4 is 5.91 Å². The second-order valence-corrected chi connectivity index (χ2v) is 7.33. The van der Waals surface area contributed by atoms with Gasteiger partial charge in [0.1, 0.15) is 0 Å². The van der Waals surface area contributed by atoms with E-state index >= 15 is 0 Å². The van der Waals surface area contributed by atoms with E-state index in [1.807, 2.05) is 11.9 Å². The summed E-state index contributed by atoms with van der Waals surface area (Å²) in [4.78, 5) is 16.8. The standard InChI is InChI=1S/C17H33N3O/c1-14(16-7-4-8-18-11-16)10-17(21)20(3)13-15-6-5-9-19(2)12-15/h14-16,18H,4-13H2,1-3H3. The Labute approximate surface area is 130 Å². The summed E-state index contributed by atoms with van der Waals surface area (Å²) in [6.07, 6.45) is 5.79. The number of carbonyl (C=O) groups excluding carboxylic acids is 1. The minimum Gasteiger partial charge on any atom is -0.345 e. The molecule has 0 aromatic heterocycles. The predicted octanol–water partition coefficient (Wildman–Crippen LogP) is 1.81. The number of nitrogens with one attached hydrogen (secondary N) is 1. The van der Waals surface area contributed by atoms with Crippen LogP contribution >= 0.6 is 0 Å². The van der Waals surface area contributed by atoms with Gasteiger partial charge < -0.3 is 15.1 Å². The van der Waals surface area contributed by atoms with Gasteiger partial charge in [0.25, 0.3) is 0 Å². The van der Waals surface area contributed by atoms with E-state index in [1.54, 1.807) is 0 Å². The van der Waals surface area contributed by atoms with Crippen LogP contribution in [0.2, 0.25) is 0 Å². The van der Waals surface area contributed by atoms with Gasteiger partial charge in [0.05, 0.1) is 0 Å². The number of likely N-dealkylation sites (tertiary alicyclic amines) is 1. The van der Waals surface area contributed by atoms with Crippen LogP contribution in [-0.4, -0.2) is 62.5 Å². The monoisotopic (exact) mass is 295 g/mol. The van der Waals surface area contributed by atoms with Crippen molar-refractivity contribution < 1.29 is 4.79 Å². The van der Waals surface area contributed by atoms with Crippen molar-refractivity contribution in [1.82, 2.24) is 15.1 Å². The van der Waals surface area contributed by atoms with Gasteiger partial charge in [-0.15, -0.1) is 0 Å². The first-order valence-electron chi connectivity index (χ1n) is 8.69. The average molecular weight is 295 g/mol. The van der Waals surface area contributed by atoms with Crippen molar-refractivity contribution in [2.24, 2.45) is 17.8 Å². The fourth-order valence-electron chi connectivity index (χ4n) is 3.87. The third-order valence-corrected chi connectivity index (χ3v) is 5.32. The Hall–Kier alpha value is -0.610. The zero-order valence-electron chi connectivity index (χ0n) is 14.1. The molecule has 1 amide bonds. The zero-order chi connectivity index (χ0) is 15.2. The zero-order valence-corrected chi connectivity index (χ0v) is 14.1. The highest BCUT2D eigenvalue weighted by Gasteiger charge is 2.25. The summed E-state index contributed by atoms with van der Waals surface area (Å²) in [7, 11) is 4.18. The fraction of sp³-hybridized carbons (Fsp3) is 0.941. The highest BCUT2D eigenvalue weighted by Crippen LogP contribution is 2.23. The summed E-state index contributed by atoms with van der Waals surface area (Å²) in [6, 6.07) is 0. The van der Waals surface area contributed by atoms with Crippen LogP contribution in [0.5, 0.6) is 0 Å². The summed E-state index contributed by atoms with van der Waals surface area (Å²) >= 11 is 0. The minimum absolute atomic E-state index is 0.335. The Morgan fingerprint density at radius 3 is 2.86 bits per heavy atom. The van der Waals surface area contributed by atoms with E-state index in [-0.39, 0.29) is 0 Å². The van der Waals surface area contributed by atoms with Crippen molar-refractivity contribution in [3.63, 3.8) is 0 Å². The minimum atomic E-state index is 0.335. The Balaban J connectivity index is 1.73. The predicted molar refractivity (Wildman–Crippen MR) is 87.2 cm³/mol. The van der Waals surface area contributed by atoms with E-state index in [1.165, 1.54) is 32.2 Å². The van der Waals surface area contributed by atoms with Crippen molar-refractivity contribution in [2.75, 3.05) is 46.8 Å². The third kappa shape index (κ3) is 5.26. The molecular formula is C17H33N3O. The number of nitrogens with zero attached hydrogens (tertiary/aromatic N) is 2. The first-order chi connectivity index (χ1) is 10.1. The van der Waals surface area contributed by atoms with E-state index < -0.39 is 0 Å². The SMILES string of the molecule is CC(CC(=O)N(C)CC1CCCN(C)C1)C1CCCNC1. The number of rotatable bonds is 5. The average Bonchev–Trinajstić information content (AvgIpc) is 2.48. The van der Waals surface area contributed by atoms with Gasteiger partial charge in [0, 0.05) is 26.6 Å². The van der Waals surface area contributed by atoms with E-state index in [4.69, 9.17) is 0 Å². The number of amides is 1. The molecule has 0 saturated carbocycles. The molecule has 4 nitrogen and oxygen atoms in total. The lowest BCUT2D eigenvalue weighted by Gasteiger charge is -2.33. The number of piperidine rings is 2. The largest absolute Gasteiger partial charge is 0.345 e. The van der Waals surface area contributed by atoms with E-state index in [2.05, 4.69) is 24.2 Å². The first kappa shape index (κ1) is 16.8. The van der Waals surface area contributed by atoms with Gasteiger partial charge in [0.2, 0.25) is 5.91 Å². The van der Waals surface area contributed by atoms with Crippen LogP contribution in [0.3, 0.4) is 0 Å². The molecule has 122 valence electrons. The van der Waals surface area contributed by atoms with Crippen LogP contribution in [0.1, 0.15) is 39.0 Å². The smallest absolute Gasteiger partial charge is 0.222 e. The lowest BCUT2D eigenvalue weighted by Crippen LogP contribution is -2.41. The Kier molecular flexibility index (Phi) is 6.49. The lowest BCUT2D eigenvalue weighted by atomic mass is 9.85. The summed E-state index contributed by atoms with van der Waals surface area (Å²) in [5.74, 6) is 2.17. The van der Waals surface area contributed by atoms with Crippen molar-refractivity contribution in [1.29, 1.82) is 0 Å². The summed E-state index contributed by atoms with van der Waals surface area (Å²) < 4.78 is 0. The molecular weight excluding hydrogens is 262 g/mol. The molecule has 0 spiro atoms. The van der Waals surface area contributed by atoms with Gasteiger partial charge in [-0.25, -0.2) is 0 Å². The maximum atomic E-state index is 12.4. The summed E-state index contributed by atoms with van der Waals surface area (Å²) in [6.45, 7) is 7.76. The number of hydrogen-bond acceptors (Lipinski definition) is 3. The molecule has 2 saturated heterocycles. The molecule has 0 radical (unpaired) electrons. The normalized spacial score (nSPS) is 29.1. The molecule has 2 aliphatic rings. The molecule has 21 heavy (non-hydrogen) atoms. The first-order valence-corrected chi connectivity index (χ1v) is 8.69. The van der Waals surface area contributed by atoms with Gasteiger partial charge in [-0.05, 0) is 70.1 Å². The van der Waals surface area contributed by atoms with Gasteiger partial charge >= 0.3 is 0 Å². The molecule has 2 heterocycles. The van der Waals surface area contributed by atoms with Crippen LogP contribution in [-0.2, 0) is 4.79 Å². The van der Waals surface area contributed by atoms with Gasteiger partial charge in [0.15, 0.2) is 0 Å². The van der Waals surface area contributed by atoms with E-state index in [9.17, 15) is 4.79 Å². The van der Waals surface area contributed by atoms with Crippen LogP contribution in [0, 0.1) is 17.8 Å². The van der Waals surface area contributed by atoms with Gasteiger partial charge in [-0.3, -0.25) is 4.79 Å². The molecule has 3 unspecified atom stereocenters. The van der Waals surface area contributed by atoms with Gasteiger partial charge in [-0.1, -0.05) is 6.92 Å². The highest BCUT2D eigenvalue weighted by molar-refractivity contribution is 5.76. The van der Waals surface area contributed by atoms with Crippen LogP contribution < -0.4 is 5.32 Å². The maximum Gasteiger partial charge on any atom is 0.222 e. The second kappa shape index (κ2) is 8.14. The van der Waals surface area contributed by atoms with Crippen LogP contribution in [0.25, 0.3) is 0 Å². The van der Waals surface area contributed by atoms with E-state index in [0.717, 1.165) is 26.2 Å². The molecule has 2 aliphatic heterocycles. The second-order valence-electron chi connectivity index (χ2n) is 7.33. The maximum absolute atomic E-state index is 12.4. The highest BCUT2D eigenvalue weighted by atomic mass is 16.2. The van der Waals surface area contributed by atoms with Crippen molar-refractivity contribution in [3.05, 3.63) is 0 Å². The number of carbonyl (C=O) groups is 1. The molecule has 0 aromatic carbocycles. The summed E-state index contributed by atoms with van der Waals surface area (Å²) in [5, 5.41) is 3.46. The lowest BCUT2D eigenvalue weighted by molar-refractivity contribution is -0.132. The molecule has 0 aromatic rings. The molecule has 2 fully saturated rings. The summed E-state index contributed by atoms with van der Waals surface area (Å²) in [5.41, 5.74) is 0. The molecule has 0 aliphatic carbocycles. The van der Waals surface area contributed by atoms with Crippen molar-refractivity contribution in [2.45, 2.75) is 39.0 Å². The Morgan fingerprint density at radius 1 is 1.38 bits per heavy atom. The molecule has 4 heteroatoms. The Morgan fingerprint density at radius 2 is 2.19 bits per heavy atom.